The predicted molar refractivity (Wildman–Crippen MR) is 198 cm³/mol. The maximum atomic E-state index is 12.6. The lowest BCUT2D eigenvalue weighted by atomic mass is 9.74. The summed E-state index contributed by atoms with van der Waals surface area (Å²) in [4.78, 5) is 17.1. The summed E-state index contributed by atoms with van der Waals surface area (Å²) in [6.07, 6.45) is 18.9. The van der Waals surface area contributed by atoms with E-state index >= 15 is 0 Å². The van der Waals surface area contributed by atoms with Crippen molar-refractivity contribution in [3.63, 3.8) is 0 Å². The van der Waals surface area contributed by atoms with Gasteiger partial charge in [-0.1, -0.05) is 122 Å². The van der Waals surface area contributed by atoms with Gasteiger partial charge in [0.2, 0.25) is 0 Å². The lowest BCUT2D eigenvalue weighted by Crippen LogP contribution is -2.46. The molecule has 0 aromatic heterocycles. The number of carbonyl (C=O) groups is 1. The van der Waals surface area contributed by atoms with Crippen LogP contribution in [0.15, 0.2) is 64.2 Å². The van der Waals surface area contributed by atoms with E-state index in [-0.39, 0.29) is 29.6 Å². The van der Waals surface area contributed by atoms with Crippen molar-refractivity contribution in [1.82, 2.24) is 5.32 Å². The van der Waals surface area contributed by atoms with Gasteiger partial charge in [0.25, 0.3) is 5.91 Å². The topological polar surface area (TPSA) is 104 Å². The van der Waals surface area contributed by atoms with Gasteiger partial charge in [0.05, 0.1) is 23.9 Å². The molecular weight excluding hydrogens is 554 g/mol. The van der Waals surface area contributed by atoms with E-state index < -0.39 is 0 Å². The van der Waals surface area contributed by atoms with Gasteiger partial charge in [0.1, 0.15) is 0 Å². The van der Waals surface area contributed by atoms with Gasteiger partial charge in [-0.15, -0.1) is 6.58 Å². The molecule has 1 unspecified atom stereocenters. The zero-order chi connectivity index (χ0) is 34.6. The molecule has 0 spiro atoms. The van der Waals surface area contributed by atoms with E-state index in [1.807, 2.05) is 39.8 Å². The average molecular weight is 620 g/mol. The van der Waals surface area contributed by atoms with E-state index in [4.69, 9.17) is 5.84 Å². The van der Waals surface area contributed by atoms with Crippen LogP contribution in [0.4, 0.5) is 0 Å². The highest BCUT2D eigenvalue weighted by molar-refractivity contribution is 6.60. The molecule has 1 aromatic carbocycles. The molecule has 1 amide bonds. The third kappa shape index (κ3) is 19.5. The van der Waals surface area contributed by atoms with Gasteiger partial charge in [0.15, 0.2) is 5.71 Å². The molecule has 45 heavy (non-hydrogen) atoms. The van der Waals surface area contributed by atoms with Crippen molar-refractivity contribution in [2.75, 3.05) is 0 Å². The molecule has 1 aliphatic carbocycles. The minimum absolute atomic E-state index is 0.0367. The molecule has 252 valence electrons. The van der Waals surface area contributed by atoms with Crippen molar-refractivity contribution in [3.8, 4) is 6.07 Å². The van der Waals surface area contributed by atoms with E-state index in [0.29, 0.717) is 5.56 Å². The number of nitrogens with one attached hydrogen (secondary N) is 1. The fourth-order valence-corrected chi connectivity index (χ4v) is 4.51. The van der Waals surface area contributed by atoms with Crippen LogP contribution in [0, 0.1) is 18.3 Å². The number of benzene rings is 1. The van der Waals surface area contributed by atoms with E-state index in [9.17, 15) is 10.1 Å². The van der Waals surface area contributed by atoms with Crippen LogP contribution in [0.5, 0.6) is 0 Å². The van der Waals surface area contributed by atoms with Gasteiger partial charge >= 0.3 is 0 Å². The van der Waals surface area contributed by atoms with Crippen molar-refractivity contribution < 1.29 is 4.79 Å². The molecule has 1 atom stereocenters. The molecule has 3 N–H and O–H groups in total. The Balaban J connectivity index is 0. The molecular formula is C39H65N5O. The number of nitrogens with zero attached hydrogens (tertiary/aromatic N) is 3. The Morgan fingerprint density at radius 2 is 1.78 bits per heavy atom. The van der Waals surface area contributed by atoms with Crippen molar-refractivity contribution in [2.45, 2.75) is 151 Å². The summed E-state index contributed by atoms with van der Waals surface area (Å²) in [5.41, 5.74) is 5.43. The number of carbonyl (C=O) groups excluding carboxylic acids is 1. The van der Waals surface area contributed by atoms with Gasteiger partial charge in [-0.05, 0) is 76.0 Å². The molecule has 0 heterocycles. The third-order valence-corrected chi connectivity index (χ3v) is 7.11. The van der Waals surface area contributed by atoms with Crippen molar-refractivity contribution >= 4 is 17.8 Å². The fraction of sp³-hybridized carbons (Fsp3) is 0.590. The number of amides is 1. The molecule has 0 bridgehead atoms. The molecule has 6 heteroatoms. The number of unbranched alkanes of at least 4 members (excludes halogenated alkanes) is 3. The molecule has 1 fully saturated rings. The van der Waals surface area contributed by atoms with E-state index in [1.165, 1.54) is 43.9 Å². The SMILES string of the molecule is C=C(C)CCC.CC.CC/C=C/C(=C\CCC)C(C)N=C/C(=N\N)C(=O)NC1CC(c2cc(C)ccc2C#N)C1.CCCCC. The molecule has 1 aliphatic rings. The Morgan fingerprint density at radius 1 is 1.13 bits per heavy atom. The highest BCUT2D eigenvalue weighted by Crippen LogP contribution is 2.38. The first kappa shape index (κ1) is 43.7. The van der Waals surface area contributed by atoms with Crippen LogP contribution in [0.2, 0.25) is 0 Å². The number of hydrazone groups is 1. The van der Waals surface area contributed by atoms with Crippen molar-refractivity contribution in [1.29, 1.82) is 5.26 Å². The van der Waals surface area contributed by atoms with Gasteiger partial charge in [-0.25, -0.2) is 0 Å². The van der Waals surface area contributed by atoms with Gasteiger partial charge < -0.3 is 11.2 Å². The first-order valence-corrected chi connectivity index (χ1v) is 17.2. The smallest absolute Gasteiger partial charge is 0.273 e. The Kier molecular flexibility index (Phi) is 27.2. The number of nitriles is 1. The number of aliphatic imine (C=N–C) groups is 1. The standard InChI is InChI=1S/C26H35N5O.C6H12.C5H12.C2H6/c1-5-7-9-20(10-8-6-2)19(4)29-17-25(31-28)26(32)30-23-14-22(15-23)24-13-18(3)11-12-21(24)16-27;1-4-5-6(2)3;1-3-5-4-2;1-2/h7,9-13,17,19,22-23H,5-6,8,14-15,28H2,1-4H3,(H,30,32);2,4-5H2,1,3H3;3-5H2,1-2H3;1-2H3/b9-7+,20-10+,29-17?,31-25+;;;. The lowest BCUT2D eigenvalue weighted by Gasteiger charge is -2.36. The highest BCUT2D eigenvalue weighted by atomic mass is 16.2. The van der Waals surface area contributed by atoms with Crippen LogP contribution < -0.4 is 11.2 Å². The number of aryl methyl sites for hydroxylation is 1. The Bertz CT molecular complexity index is 1110. The molecule has 0 saturated heterocycles. The summed E-state index contributed by atoms with van der Waals surface area (Å²) in [6.45, 7) is 24.6. The quantitative estimate of drug-likeness (QED) is 0.0711. The zero-order valence-electron chi connectivity index (χ0n) is 30.4. The summed E-state index contributed by atoms with van der Waals surface area (Å²) in [5, 5.41) is 16.0. The number of hydrogen-bond donors (Lipinski definition) is 2. The molecule has 0 radical (unpaired) electrons. The molecule has 1 saturated carbocycles. The maximum absolute atomic E-state index is 12.6. The van der Waals surface area contributed by atoms with Crippen LogP contribution in [-0.2, 0) is 4.79 Å². The second-order valence-corrected chi connectivity index (χ2v) is 11.4. The Labute approximate surface area is 277 Å². The number of hydrogen-bond acceptors (Lipinski definition) is 5. The summed E-state index contributed by atoms with van der Waals surface area (Å²) in [5.74, 6) is 5.43. The number of allylic oxidation sites excluding steroid dienone is 3. The average Bonchev–Trinajstić information content (AvgIpc) is 3.01. The van der Waals surface area contributed by atoms with Crippen molar-refractivity contribution in [2.24, 2.45) is 15.9 Å². The normalized spacial score (nSPS) is 16.6. The Morgan fingerprint density at radius 3 is 2.22 bits per heavy atom. The van der Waals surface area contributed by atoms with Crippen LogP contribution in [0.25, 0.3) is 0 Å². The molecule has 6 nitrogen and oxygen atoms in total. The van der Waals surface area contributed by atoms with Crippen LogP contribution in [0.1, 0.15) is 149 Å². The van der Waals surface area contributed by atoms with E-state index in [1.54, 1.807) is 0 Å². The second-order valence-electron chi connectivity index (χ2n) is 11.4. The number of nitrogens with two attached hydrogens (primary N) is 1. The first-order chi connectivity index (χ1) is 21.6. The summed E-state index contributed by atoms with van der Waals surface area (Å²) in [6, 6.07) is 8.10. The minimum Gasteiger partial charge on any atom is -0.348 e. The highest BCUT2D eigenvalue weighted by Gasteiger charge is 2.33. The van der Waals surface area contributed by atoms with Gasteiger partial charge in [-0.2, -0.15) is 10.4 Å². The predicted octanol–water partition coefficient (Wildman–Crippen LogP) is 10.3. The summed E-state index contributed by atoms with van der Waals surface area (Å²) in [7, 11) is 0. The lowest BCUT2D eigenvalue weighted by molar-refractivity contribution is -0.115. The summed E-state index contributed by atoms with van der Waals surface area (Å²) < 4.78 is 0. The monoisotopic (exact) mass is 620 g/mol. The van der Waals surface area contributed by atoms with Crippen LogP contribution >= 0.6 is 0 Å². The zero-order valence-corrected chi connectivity index (χ0v) is 30.4. The first-order valence-electron chi connectivity index (χ1n) is 17.2. The maximum Gasteiger partial charge on any atom is 0.273 e. The van der Waals surface area contributed by atoms with Crippen LogP contribution in [0.3, 0.4) is 0 Å². The number of rotatable bonds is 14. The fourth-order valence-electron chi connectivity index (χ4n) is 4.51. The molecule has 2 rings (SSSR count). The largest absolute Gasteiger partial charge is 0.348 e. The van der Waals surface area contributed by atoms with E-state index in [0.717, 1.165) is 48.8 Å². The van der Waals surface area contributed by atoms with E-state index in [2.05, 4.69) is 93.9 Å². The van der Waals surface area contributed by atoms with Gasteiger partial charge in [0, 0.05) is 6.04 Å². The third-order valence-electron chi connectivity index (χ3n) is 7.11. The summed E-state index contributed by atoms with van der Waals surface area (Å²) >= 11 is 0. The molecule has 0 aliphatic heterocycles. The van der Waals surface area contributed by atoms with Crippen LogP contribution in [-0.4, -0.2) is 29.9 Å². The molecule has 1 aromatic rings. The van der Waals surface area contributed by atoms with Gasteiger partial charge in [-0.3, -0.25) is 9.79 Å². The van der Waals surface area contributed by atoms with Crippen molar-refractivity contribution in [3.05, 3.63) is 70.8 Å². The Hall–Kier alpha value is -3.46. The second kappa shape index (κ2) is 28.0. The minimum atomic E-state index is -0.320.